The van der Waals surface area contributed by atoms with Gasteiger partial charge in [-0.05, 0) is 25.2 Å². The van der Waals surface area contributed by atoms with Crippen molar-refractivity contribution in [3.63, 3.8) is 0 Å². The molecule has 0 aliphatic carbocycles. The molecule has 0 amide bonds. The Labute approximate surface area is 355 Å². The molecular formula is C51H98O6. The van der Waals surface area contributed by atoms with E-state index in [0.717, 1.165) is 63.7 Å². The number of hydrogen-bond donors (Lipinski definition) is 0. The van der Waals surface area contributed by atoms with E-state index in [1.807, 2.05) is 0 Å². The molecule has 0 unspecified atom stereocenters. The lowest BCUT2D eigenvalue weighted by Crippen LogP contribution is -2.30. The van der Waals surface area contributed by atoms with Crippen LogP contribution in [0.25, 0.3) is 0 Å². The largest absolute Gasteiger partial charge is 0.462 e. The van der Waals surface area contributed by atoms with Crippen molar-refractivity contribution in [2.24, 2.45) is 5.92 Å². The van der Waals surface area contributed by atoms with Gasteiger partial charge in [-0.15, -0.1) is 0 Å². The van der Waals surface area contributed by atoms with Crippen LogP contribution in [0.4, 0.5) is 0 Å². The summed E-state index contributed by atoms with van der Waals surface area (Å²) in [5, 5.41) is 0. The fourth-order valence-corrected chi connectivity index (χ4v) is 7.69. The van der Waals surface area contributed by atoms with Crippen molar-refractivity contribution >= 4 is 17.9 Å². The van der Waals surface area contributed by atoms with Gasteiger partial charge < -0.3 is 14.2 Å². The first-order valence-electron chi connectivity index (χ1n) is 25.4. The van der Waals surface area contributed by atoms with Gasteiger partial charge in [0.25, 0.3) is 0 Å². The maximum atomic E-state index is 12.8. The van der Waals surface area contributed by atoms with Gasteiger partial charge >= 0.3 is 17.9 Å². The molecule has 0 aromatic carbocycles. The van der Waals surface area contributed by atoms with Crippen LogP contribution in [-0.4, -0.2) is 37.2 Å². The number of esters is 3. The minimum absolute atomic E-state index is 0.0629. The van der Waals surface area contributed by atoms with Crippen molar-refractivity contribution in [2.75, 3.05) is 13.2 Å². The minimum Gasteiger partial charge on any atom is -0.462 e. The highest BCUT2D eigenvalue weighted by molar-refractivity contribution is 5.71. The Morgan fingerprint density at radius 3 is 0.860 bits per heavy atom. The van der Waals surface area contributed by atoms with Crippen LogP contribution in [0.2, 0.25) is 0 Å². The zero-order chi connectivity index (χ0) is 41.7. The van der Waals surface area contributed by atoms with E-state index in [2.05, 4.69) is 27.7 Å². The highest BCUT2D eigenvalue weighted by atomic mass is 16.6. The third kappa shape index (κ3) is 45.3. The average molecular weight is 807 g/mol. The first-order valence-corrected chi connectivity index (χ1v) is 25.4. The molecule has 0 saturated carbocycles. The molecule has 0 aromatic rings. The van der Waals surface area contributed by atoms with Gasteiger partial charge in [0.2, 0.25) is 0 Å². The van der Waals surface area contributed by atoms with Crippen molar-refractivity contribution in [3.05, 3.63) is 0 Å². The lowest BCUT2D eigenvalue weighted by atomic mass is 10.0. The molecule has 0 radical (unpaired) electrons. The van der Waals surface area contributed by atoms with Gasteiger partial charge in [-0.2, -0.15) is 0 Å². The van der Waals surface area contributed by atoms with E-state index in [-0.39, 0.29) is 31.1 Å². The molecule has 0 heterocycles. The van der Waals surface area contributed by atoms with Crippen LogP contribution >= 0.6 is 0 Å². The fraction of sp³-hybridized carbons (Fsp3) is 0.941. The lowest BCUT2D eigenvalue weighted by Gasteiger charge is -2.18. The van der Waals surface area contributed by atoms with Crippen LogP contribution < -0.4 is 0 Å². The van der Waals surface area contributed by atoms with Gasteiger partial charge in [-0.1, -0.05) is 246 Å². The fourth-order valence-electron chi connectivity index (χ4n) is 7.69. The van der Waals surface area contributed by atoms with E-state index >= 15 is 0 Å². The maximum absolute atomic E-state index is 12.8. The molecule has 0 fully saturated rings. The van der Waals surface area contributed by atoms with Crippen molar-refractivity contribution in [1.82, 2.24) is 0 Å². The highest BCUT2D eigenvalue weighted by Gasteiger charge is 2.19. The number of unbranched alkanes of at least 4 members (excludes halogenated alkanes) is 33. The predicted molar refractivity (Wildman–Crippen MR) is 243 cm³/mol. The molecule has 338 valence electrons. The van der Waals surface area contributed by atoms with E-state index < -0.39 is 6.10 Å². The van der Waals surface area contributed by atoms with Crippen LogP contribution in [0.15, 0.2) is 0 Å². The van der Waals surface area contributed by atoms with Crippen LogP contribution in [0, 0.1) is 5.92 Å². The topological polar surface area (TPSA) is 78.9 Å². The third-order valence-electron chi connectivity index (χ3n) is 11.5. The maximum Gasteiger partial charge on any atom is 0.306 e. The van der Waals surface area contributed by atoms with Crippen molar-refractivity contribution in [3.8, 4) is 0 Å². The molecule has 0 saturated heterocycles. The van der Waals surface area contributed by atoms with Gasteiger partial charge in [0.1, 0.15) is 13.2 Å². The molecule has 0 aliphatic heterocycles. The summed E-state index contributed by atoms with van der Waals surface area (Å²) in [5.41, 5.74) is 0. The van der Waals surface area contributed by atoms with Crippen molar-refractivity contribution in [1.29, 1.82) is 0 Å². The Balaban J connectivity index is 4.29. The molecule has 0 N–H and O–H groups in total. The normalized spacial score (nSPS) is 11.9. The van der Waals surface area contributed by atoms with Gasteiger partial charge in [-0.25, -0.2) is 0 Å². The van der Waals surface area contributed by atoms with E-state index in [4.69, 9.17) is 14.2 Å². The van der Waals surface area contributed by atoms with Crippen LogP contribution in [0.3, 0.4) is 0 Å². The van der Waals surface area contributed by atoms with Crippen molar-refractivity contribution < 1.29 is 28.6 Å². The minimum atomic E-state index is -0.760. The number of hydrogen-bond acceptors (Lipinski definition) is 6. The Bertz CT molecular complexity index is 857. The first-order chi connectivity index (χ1) is 27.9. The van der Waals surface area contributed by atoms with Gasteiger partial charge in [0.15, 0.2) is 6.10 Å². The Kier molecular flexibility index (Phi) is 44.2. The quantitative estimate of drug-likeness (QED) is 0.0346. The van der Waals surface area contributed by atoms with Gasteiger partial charge in [0.05, 0.1) is 0 Å². The molecule has 0 spiro atoms. The monoisotopic (exact) mass is 807 g/mol. The van der Waals surface area contributed by atoms with Gasteiger partial charge in [-0.3, -0.25) is 14.4 Å². The van der Waals surface area contributed by atoms with Crippen LogP contribution in [0.5, 0.6) is 0 Å². The van der Waals surface area contributed by atoms with Crippen molar-refractivity contribution in [2.45, 2.75) is 291 Å². The van der Waals surface area contributed by atoms with E-state index in [1.54, 1.807) is 0 Å². The molecule has 0 aromatic heterocycles. The Hall–Kier alpha value is -1.59. The lowest BCUT2D eigenvalue weighted by molar-refractivity contribution is -0.167. The number of carbonyl (C=O) groups is 3. The summed E-state index contributed by atoms with van der Waals surface area (Å²) in [6, 6.07) is 0. The Morgan fingerprint density at radius 1 is 0.333 bits per heavy atom. The summed E-state index contributed by atoms with van der Waals surface area (Å²) in [6.07, 6.45) is 46.6. The van der Waals surface area contributed by atoms with E-state index in [0.29, 0.717) is 19.3 Å². The SMILES string of the molecule is CCCCCCCCCCCCCCCCCC(=O)OC[C@@H](COC(=O)CCCCCCCCCCCC)OC(=O)CCCCCCCCCCCCCC(C)C. The summed E-state index contributed by atoms with van der Waals surface area (Å²) in [7, 11) is 0. The molecule has 6 nitrogen and oxygen atoms in total. The number of ether oxygens (including phenoxy) is 3. The number of rotatable bonds is 46. The van der Waals surface area contributed by atoms with Crippen LogP contribution in [0.1, 0.15) is 285 Å². The van der Waals surface area contributed by atoms with E-state index in [1.165, 1.54) is 180 Å². The Morgan fingerprint density at radius 2 is 0.579 bits per heavy atom. The molecule has 1 atom stereocenters. The predicted octanol–water partition coefficient (Wildman–Crippen LogP) is 16.3. The second kappa shape index (κ2) is 45.5. The van der Waals surface area contributed by atoms with E-state index in [9.17, 15) is 14.4 Å². The average Bonchev–Trinajstić information content (AvgIpc) is 3.19. The zero-order valence-corrected chi connectivity index (χ0v) is 38.8. The summed E-state index contributed by atoms with van der Waals surface area (Å²) in [6.45, 7) is 9.01. The third-order valence-corrected chi connectivity index (χ3v) is 11.5. The summed E-state index contributed by atoms with van der Waals surface area (Å²) in [4.78, 5) is 37.9. The molecule has 6 heteroatoms. The number of carbonyl (C=O) groups excluding carboxylic acids is 3. The first kappa shape index (κ1) is 55.4. The second-order valence-corrected chi connectivity index (χ2v) is 17.9. The molecule has 0 aliphatic rings. The zero-order valence-electron chi connectivity index (χ0n) is 38.8. The summed E-state index contributed by atoms with van der Waals surface area (Å²) < 4.78 is 16.8. The summed E-state index contributed by atoms with van der Waals surface area (Å²) >= 11 is 0. The summed E-state index contributed by atoms with van der Waals surface area (Å²) in [5.74, 6) is -0.0222. The molecule has 0 bridgehead atoms. The smallest absolute Gasteiger partial charge is 0.306 e. The highest BCUT2D eigenvalue weighted by Crippen LogP contribution is 2.17. The second-order valence-electron chi connectivity index (χ2n) is 17.9. The van der Waals surface area contributed by atoms with Crippen LogP contribution in [-0.2, 0) is 28.6 Å². The van der Waals surface area contributed by atoms with Gasteiger partial charge in [0, 0.05) is 19.3 Å². The molecule has 0 rings (SSSR count). The molecule has 57 heavy (non-hydrogen) atoms. The standard InChI is InChI=1S/C51H98O6/c1-5-7-9-11-13-15-17-18-19-20-23-27-31-35-39-43-50(53)56-46-48(45-55-49(52)42-38-34-30-26-16-14-12-10-8-6-2)57-51(54)44-40-36-32-28-24-21-22-25-29-33-37-41-47(3)4/h47-48H,5-46H2,1-4H3/t48-/m1/s1. The molecular weight excluding hydrogens is 709 g/mol.